The standard InChI is InChI=1S/C22H28ClF/c1-3-15-5-7-17(8-6-15)18-9-11-19(12-10-18)20-14-13-16(4-2)22(24)21(20)23/h3,11,13-15,17-18H,1,4-10,12H2,2H3. The Morgan fingerprint density at radius 1 is 1.17 bits per heavy atom. The van der Waals surface area contributed by atoms with Gasteiger partial charge < -0.3 is 0 Å². The molecule has 0 saturated heterocycles. The van der Waals surface area contributed by atoms with Crippen LogP contribution in [0, 0.1) is 23.6 Å². The molecule has 0 spiro atoms. The SMILES string of the molecule is C=CC1CCC(C2CC=C(c3ccc(CC)c(F)c3Cl)CC2)CC1. The van der Waals surface area contributed by atoms with Gasteiger partial charge in [-0.15, -0.1) is 6.58 Å². The van der Waals surface area contributed by atoms with Gasteiger partial charge in [0.2, 0.25) is 0 Å². The fourth-order valence-electron chi connectivity index (χ4n) is 4.49. The summed E-state index contributed by atoms with van der Waals surface area (Å²) in [4.78, 5) is 0. The van der Waals surface area contributed by atoms with Gasteiger partial charge in [-0.25, -0.2) is 4.39 Å². The van der Waals surface area contributed by atoms with Gasteiger partial charge in [-0.1, -0.05) is 42.8 Å². The predicted octanol–water partition coefficient (Wildman–Crippen LogP) is 7.22. The maximum absolute atomic E-state index is 14.3. The Hall–Kier alpha value is -1.08. The molecule has 0 nitrogen and oxygen atoms in total. The van der Waals surface area contributed by atoms with Crippen molar-refractivity contribution < 1.29 is 4.39 Å². The first-order valence-corrected chi connectivity index (χ1v) is 9.80. The summed E-state index contributed by atoms with van der Waals surface area (Å²) in [6, 6.07) is 3.89. The average Bonchev–Trinajstić information content (AvgIpc) is 2.64. The van der Waals surface area contributed by atoms with Gasteiger partial charge in [-0.05, 0) is 85.8 Å². The highest BCUT2D eigenvalue weighted by atomic mass is 35.5. The lowest BCUT2D eigenvalue weighted by Gasteiger charge is -2.34. The predicted molar refractivity (Wildman–Crippen MR) is 102 cm³/mol. The molecule has 0 radical (unpaired) electrons. The molecule has 2 heteroatoms. The normalized spacial score (nSPS) is 27.6. The first-order valence-electron chi connectivity index (χ1n) is 9.42. The van der Waals surface area contributed by atoms with Gasteiger partial charge in [-0.3, -0.25) is 0 Å². The van der Waals surface area contributed by atoms with E-state index in [9.17, 15) is 4.39 Å². The maximum Gasteiger partial charge on any atom is 0.145 e. The highest BCUT2D eigenvalue weighted by Crippen LogP contribution is 2.42. The third kappa shape index (κ3) is 3.61. The Labute approximate surface area is 150 Å². The van der Waals surface area contributed by atoms with E-state index in [0.717, 1.165) is 36.2 Å². The summed E-state index contributed by atoms with van der Waals surface area (Å²) in [6.45, 7) is 5.90. The molecule has 1 aromatic carbocycles. The molecule has 0 N–H and O–H groups in total. The fourth-order valence-corrected chi connectivity index (χ4v) is 4.80. The second kappa shape index (κ2) is 7.87. The monoisotopic (exact) mass is 346 g/mol. The largest absolute Gasteiger partial charge is 0.205 e. The van der Waals surface area contributed by atoms with Crippen LogP contribution in [0.25, 0.3) is 5.57 Å². The van der Waals surface area contributed by atoms with Crippen LogP contribution in [0.5, 0.6) is 0 Å². The molecule has 24 heavy (non-hydrogen) atoms. The van der Waals surface area contributed by atoms with Crippen molar-refractivity contribution in [1.29, 1.82) is 0 Å². The molecule has 0 heterocycles. The summed E-state index contributed by atoms with van der Waals surface area (Å²) in [5.41, 5.74) is 2.84. The van der Waals surface area contributed by atoms with Gasteiger partial charge >= 0.3 is 0 Å². The van der Waals surface area contributed by atoms with E-state index < -0.39 is 0 Å². The smallest absolute Gasteiger partial charge is 0.145 e. The number of rotatable bonds is 4. The van der Waals surface area contributed by atoms with Crippen LogP contribution in [0.15, 0.2) is 30.9 Å². The molecule has 0 aliphatic heterocycles. The molecule has 1 aromatic rings. The van der Waals surface area contributed by atoms with Gasteiger partial charge in [-0.2, -0.15) is 0 Å². The van der Waals surface area contributed by atoms with Crippen molar-refractivity contribution in [3.8, 4) is 0 Å². The number of benzene rings is 1. The fraction of sp³-hybridized carbons (Fsp3) is 0.545. The first-order chi connectivity index (χ1) is 11.6. The molecular formula is C22H28ClF. The van der Waals surface area contributed by atoms with Crippen LogP contribution in [0.2, 0.25) is 5.02 Å². The first kappa shape index (κ1) is 17.7. The molecule has 0 amide bonds. The van der Waals surface area contributed by atoms with E-state index in [1.807, 2.05) is 19.1 Å². The number of hydrogen-bond acceptors (Lipinski definition) is 0. The van der Waals surface area contributed by atoms with Crippen molar-refractivity contribution in [2.75, 3.05) is 0 Å². The number of halogens is 2. The Bertz CT molecular complexity index is 623. The van der Waals surface area contributed by atoms with E-state index in [4.69, 9.17) is 11.6 Å². The quantitative estimate of drug-likeness (QED) is 0.505. The Balaban J connectivity index is 1.68. The summed E-state index contributed by atoms with van der Waals surface area (Å²) in [7, 11) is 0. The van der Waals surface area contributed by atoms with Crippen LogP contribution in [0.4, 0.5) is 4.39 Å². The van der Waals surface area contributed by atoms with Gasteiger partial charge in [0.05, 0.1) is 5.02 Å². The van der Waals surface area contributed by atoms with E-state index in [1.165, 1.54) is 37.7 Å². The van der Waals surface area contributed by atoms with Crippen molar-refractivity contribution in [3.05, 3.63) is 52.8 Å². The van der Waals surface area contributed by atoms with Crippen molar-refractivity contribution in [1.82, 2.24) is 0 Å². The van der Waals surface area contributed by atoms with E-state index in [0.29, 0.717) is 17.0 Å². The molecule has 1 saturated carbocycles. The summed E-state index contributed by atoms with van der Waals surface area (Å²) in [5.74, 6) is 2.14. The highest BCUT2D eigenvalue weighted by molar-refractivity contribution is 6.32. The molecule has 1 unspecified atom stereocenters. The Kier molecular flexibility index (Phi) is 5.81. The topological polar surface area (TPSA) is 0 Å². The number of aryl methyl sites for hydroxylation is 1. The minimum absolute atomic E-state index is 0.234. The van der Waals surface area contributed by atoms with E-state index in [-0.39, 0.29) is 5.82 Å². The van der Waals surface area contributed by atoms with Crippen LogP contribution in [-0.2, 0) is 6.42 Å². The van der Waals surface area contributed by atoms with Crippen LogP contribution < -0.4 is 0 Å². The molecule has 1 atom stereocenters. The maximum atomic E-state index is 14.3. The summed E-state index contributed by atoms with van der Waals surface area (Å²) >= 11 is 6.30. The number of allylic oxidation sites excluding steroid dienone is 3. The Morgan fingerprint density at radius 2 is 1.92 bits per heavy atom. The summed E-state index contributed by atoms with van der Waals surface area (Å²) in [5, 5.41) is 0.311. The van der Waals surface area contributed by atoms with Crippen LogP contribution in [0.1, 0.15) is 63.0 Å². The average molecular weight is 347 g/mol. The highest BCUT2D eigenvalue weighted by Gasteiger charge is 2.28. The minimum atomic E-state index is -0.234. The van der Waals surface area contributed by atoms with E-state index in [1.54, 1.807) is 0 Å². The molecule has 0 bridgehead atoms. The second-order valence-electron chi connectivity index (χ2n) is 7.43. The molecule has 1 fully saturated rings. The van der Waals surface area contributed by atoms with Crippen LogP contribution in [-0.4, -0.2) is 0 Å². The lowest BCUT2D eigenvalue weighted by Crippen LogP contribution is -2.22. The van der Waals surface area contributed by atoms with Crippen molar-refractivity contribution >= 4 is 17.2 Å². The zero-order chi connectivity index (χ0) is 17.1. The van der Waals surface area contributed by atoms with Gasteiger partial charge in [0.1, 0.15) is 5.82 Å². The number of hydrogen-bond donors (Lipinski definition) is 0. The molecule has 130 valence electrons. The lowest BCUT2D eigenvalue weighted by molar-refractivity contribution is 0.212. The third-order valence-electron chi connectivity index (χ3n) is 6.16. The third-order valence-corrected chi connectivity index (χ3v) is 6.53. The molecule has 2 aliphatic carbocycles. The van der Waals surface area contributed by atoms with Crippen LogP contribution >= 0.6 is 11.6 Å². The molecule has 3 rings (SSSR count). The van der Waals surface area contributed by atoms with Crippen molar-refractivity contribution in [2.24, 2.45) is 17.8 Å². The zero-order valence-corrected chi connectivity index (χ0v) is 15.4. The molecular weight excluding hydrogens is 319 g/mol. The second-order valence-corrected chi connectivity index (χ2v) is 7.81. The van der Waals surface area contributed by atoms with Crippen molar-refractivity contribution in [2.45, 2.75) is 58.3 Å². The van der Waals surface area contributed by atoms with Crippen molar-refractivity contribution in [3.63, 3.8) is 0 Å². The Morgan fingerprint density at radius 3 is 2.50 bits per heavy atom. The zero-order valence-electron chi connectivity index (χ0n) is 14.7. The minimum Gasteiger partial charge on any atom is -0.205 e. The van der Waals surface area contributed by atoms with Gasteiger partial charge in [0, 0.05) is 0 Å². The van der Waals surface area contributed by atoms with E-state index in [2.05, 4.69) is 18.7 Å². The summed E-state index contributed by atoms with van der Waals surface area (Å²) < 4.78 is 14.3. The van der Waals surface area contributed by atoms with Crippen LogP contribution in [0.3, 0.4) is 0 Å². The van der Waals surface area contributed by atoms with E-state index >= 15 is 0 Å². The molecule has 0 aromatic heterocycles. The van der Waals surface area contributed by atoms with Gasteiger partial charge in [0.15, 0.2) is 0 Å². The van der Waals surface area contributed by atoms with Gasteiger partial charge in [0.25, 0.3) is 0 Å². The molecule has 2 aliphatic rings. The lowest BCUT2D eigenvalue weighted by atomic mass is 9.71. The summed E-state index contributed by atoms with van der Waals surface area (Å²) in [6.07, 6.45) is 13.8.